The van der Waals surface area contributed by atoms with Crippen molar-refractivity contribution in [1.29, 1.82) is 0 Å². The molecule has 2 bridgehead atoms. The third-order valence-corrected chi connectivity index (χ3v) is 17.8. The van der Waals surface area contributed by atoms with Gasteiger partial charge in [0.25, 0.3) is 0 Å². The number of fused-ring (bicyclic) bond motifs is 17. The van der Waals surface area contributed by atoms with Gasteiger partial charge in [0.1, 0.15) is 36.1 Å². The number of furan rings is 3. The second kappa shape index (κ2) is 16.5. The van der Waals surface area contributed by atoms with Crippen LogP contribution >= 0.6 is 0 Å². The fraction of sp³-hybridized carbons (Fsp3) is 0.221. The Kier molecular flexibility index (Phi) is 9.76. The van der Waals surface area contributed by atoms with E-state index in [4.69, 9.17) is 13.3 Å². The number of rotatable bonds is 5. The predicted octanol–water partition coefficient (Wildman–Crippen LogP) is 16.7. The van der Waals surface area contributed by atoms with E-state index in [2.05, 4.69) is 231 Å². The maximum Gasteiger partial charge on any atom is 0.213 e. The van der Waals surface area contributed by atoms with Crippen molar-refractivity contribution >= 4 is 82.8 Å². The van der Waals surface area contributed by atoms with Gasteiger partial charge in [0.15, 0.2) is 16.7 Å². The Morgan fingerprint density at radius 3 is 1.92 bits per heavy atom. The molecule has 4 aromatic heterocycles. The molecular formula is C68H60N5O3+. The minimum Gasteiger partial charge on any atom is -0.454 e. The van der Waals surface area contributed by atoms with Crippen molar-refractivity contribution < 1.29 is 17.8 Å². The Morgan fingerprint density at radius 2 is 1.13 bits per heavy atom. The van der Waals surface area contributed by atoms with Gasteiger partial charge >= 0.3 is 0 Å². The summed E-state index contributed by atoms with van der Waals surface area (Å²) >= 11 is 0. The van der Waals surface area contributed by atoms with E-state index in [-0.39, 0.29) is 12.3 Å². The Balaban J connectivity index is 0.895. The molecule has 8 nitrogen and oxygen atoms in total. The van der Waals surface area contributed by atoms with E-state index in [0.29, 0.717) is 11.3 Å². The summed E-state index contributed by atoms with van der Waals surface area (Å²) in [7, 11) is 6.62. The lowest BCUT2D eigenvalue weighted by molar-refractivity contribution is -0.649. The summed E-state index contributed by atoms with van der Waals surface area (Å²) in [6.45, 7) is 9.32. The number of aryl methyl sites for hydroxylation is 1. The summed E-state index contributed by atoms with van der Waals surface area (Å²) in [6.07, 6.45) is 16.1. The van der Waals surface area contributed by atoms with Crippen LogP contribution in [0.1, 0.15) is 67.7 Å². The highest BCUT2D eigenvalue weighted by atomic mass is 16.4. The number of likely N-dealkylation sites (N-methyl/N-ethyl adjacent to an activating group) is 2. The lowest BCUT2D eigenvalue weighted by atomic mass is 9.71. The topological polar surface area (TPSA) is 56.3 Å². The molecule has 11 aromatic rings. The van der Waals surface area contributed by atoms with Gasteiger partial charge in [-0.2, -0.15) is 4.57 Å². The summed E-state index contributed by atoms with van der Waals surface area (Å²) in [5.41, 5.74) is 20.7. The largest absolute Gasteiger partial charge is 0.454 e. The van der Waals surface area contributed by atoms with Crippen LogP contribution in [-0.4, -0.2) is 36.2 Å². The zero-order valence-electron chi connectivity index (χ0n) is 44.2. The molecule has 0 radical (unpaired) electrons. The molecule has 0 amide bonds. The second-order valence-electron chi connectivity index (χ2n) is 22.9. The standard InChI is InChI=1S/C68H60N5O3/c1-40-14-8-9-15-46(40)57-34-45(44-21-22-50-53-25-24-52-49-18-12-13-19-59(49)74-65(52)66(53)76-60(50)37-44)35-58(71(57)7)48-17-11-10-16-47(48)55-39-62-69(5)30-33-73(62)63-41(2)56(72-32-31-70(6)67(55)72)38-54-51-23-20-43(36-61(51)75-64(54)63)42-26-28-68(3,4)29-27-42/h8-25,30-39,42,62,67H,26-29H2,1-7H3/q+1/b55-39-. The molecule has 0 spiro atoms. The monoisotopic (exact) mass is 994 g/mol. The van der Waals surface area contributed by atoms with Crippen LogP contribution in [-0.2, 0) is 7.05 Å². The first-order valence-corrected chi connectivity index (χ1v) is 27.0. The van der Waals surface area contributed by atoms with Gasteiger partial charge in [0, 0.05) is 106 Å². The highest BCUT2D eigenvalue weighted by Crippen LogP contribution is 2.50. The molecule has 15 rings (SSSR count). The molecule has 0 saturated heterocycles. The molecule has 8 heteroatoms. The number of nitrogens with zero attached hydrogens (tertiary/aromatic N) is 5. The first-order chi connectivity index (χ1) is 37.0. The molecule has 4 aliphatic rings. The normalized spacial score (nSPS) is 19.1. The van der Waals surface area contributed by atoms with E-state index >= 15 is 0 Å². The molecule has 7 heterocycles. The molecule has 3 aliphatic heterocycles. The van der Waals surface area contributed by atoms with Gasteiger partial charge < -0.3 is 32.9 Å². The van der Waals surface area contributed by atoms with Crippen LogP contribution in [0, 0.1) is 19.3 Å². The number of aromatic nitrogens is 1. The highest BCUT2D eigenvalue weighted by Gasteiger charge is 2.39. The first-order valence-electron chi connectivity index (χ1n) is 27.0. The minimum atomic E-state index is -0.155. The van der Waals surface area contributed by atoms with Gasteiger partial charge in [-0.25, -0.2) is 0 Å². The average molecular weight is 995 g/mol. The van der Waals surface area contributed by atoms with Gasteiger partial charge in [-0.1, -0.05) is 86.6 Å². The third-order valence-electron chi connectivity index (χ3n) is 17.8. The fourth-order valence-corrected chi connectivity index (χ4v) is 13.5. The van der Waals surface area contributed by atoms with Gasteiger partial charge in [-0.05, 0) is 139 Å². The van der Waals surface area contributed by atoms with Gasteiger partial charge in [0.05, 0.1) is 11.3 Å². The molecule has 374 valence electrons. The Bertz CT molecular complexity index is 4340. The predicted molar refractivity (Wildman–Crippen MR) is 311 cm³/mol. The number of anilines is 2. The fourth-order valence-electron chi connectivity index (χ4n) is 13.5. The quantitative estimate of drug-likeness (QED) is 0.159. The van der Waals surface area contributed by atoms with Crippen molar-refractivity contribution in [1.82, 2.24) is 9.80 Å². The zero-order chi connectivity index (χ0) is 51.3. The Labute approximate surface area is 442 Å². The summed E-state index contributed by atoms with van der Waals surface area (Å²) in [6, 6.07) is 51.1. The Hall–Kier alpha value is -8.49. The zero-order valence-corrected chi connectivity index (χ0v) is 44.2. The van der Waals surface area contributed by atoms with Crippen molar-refractivity contribution in [3.05, 3.63) is 193 Å². The molecule has 2 atom stereocenters. The number of para-hydroxylation sites is 1. The number of pyridine rings is 1. The van der Waals surface area contributed by atoms with E-state index in [0.717, 1.165) is 105 Å². The molecule has 0 N–H and O–H groups in total. The van der Waals surface area contributed by atoms with Crippen molar-refractivity contribution in [2.24, 2.45) is 12.5 Å². The molecule has 1 aliphatic carbocycles. The molecular weight excluding hydrogens is 935 g/mol. The molecule has 76 heavy (non-hydrogen) atoms. The summed E-state index contributed by atoms with van der Waals surface area (Å²) in [5.74, 6) is 0.562. The van der Waals surface area contributed by atoms with E-state index < -0.39 is 0 Å². The van der Waals surface area contributed by atoms with Gasteiger partial charge in [-0.15, -0.1) is 0 Å². The number of benzene rings is 7. The average Bonchev–Trinajstić information content (AvgIpc) is 4.41. The molecule has 1 saturated carbocycles. The first kappa shape index (κ1) is 44.9. The number of hydrogen-bond donors (Lipinski definition) is 0. The summed E-state index contributed by atoms with van der Waals surface area (Å²) in [4.78, 5) is 9.62. The lowest BCUT2D eigenvalue weighted by Gasteiger charge is -2.34. The lowest BCUT2D eigenvalue weighted by Crippen LogP contribution is -2.40. The summed E-state index contributed by atoms with van der Waals surface area (Å²) in [5, 5.41) is 6.57. The van der Waals surface area contributed by atoms with Crippen LogP contribution in [0.25, 0.3) is 105 Å². The highest BCUT2D eigenvalue weighted by molar-refractivity contribution is 6.19. The van der Waals surface area contributed by atoms with Crippen molar-refractivity contribution in [2.45, 2.75) is 71.6 Å². The second-order valence-corrected chi connectivity index (χ2v) is 22.9. The molecule has 1 fully saturated rings. The van der Waals surface area contributed by atoms with Gasteiger partial charge in [-0.3, -0.25) is 0 Å². The third kappa shape index (κ3) is 6.71. The van der Waals surface area contributed by atoms with Crippen LogP contribution in [0.4, 0.5) is 11.4 Å². The van der Waals surface area contributed by atoms with Crippen LogP contribution in [0.3, 0.4) is 0 Å². The van der Waals surface area contributed by atoms with Crippen LogP contribution < -0.4 is 14.4 Å². The molecule has 7 aromatic carbocycles. The van der Waals surface area contributed by atoms with Gasteiger partial charge in [0.2, 0.25) is 11.4 Å². The summed E-state index contributed by atoms with van der Waals surface area (Å²) < 4.78 is 22.8. The SMILES string of the molecule is Cc1ccccc1-c1cc(-c2ccc3c(c2)oc2c3ccc3c4ccccc4oc32)cc(-c2ccccc2/C2=C/C3N(C)C=CN3c3c(C)c(cc4c3oc3cc(C5CCC(C)(C)CC5)ccc34)N3C=CN(C)C23)[n+]1C. The van der Waals surface area contributed by atoms with Crippen LogP contribution in [0.5, 0.6) is 0 Å². The van der Waals surface area contributed by atoms with Crippen LogP contribution in [0.15, 0.2) is 184 Å². The number of hydrogen-bond acceptors (Lipinski definition) is 7. The van der Waals surface area contributed by atoms with E-state index in [1.165, 1.54) is 59.1 Å². The van der Waals surface area contributed by atoms with Crippen molar-refractivity contribution in [2.75, 3.05) is 23.9 Å². The maximum absolute atomic E-state index is 7.13. The maximum atomic E-state index is 7.13. The van der Waals surface area contributed by atoms with Crippen molar-refractivity contribution in [3.8, 4) is 33.6 Å². The van der Waals surface area contributed by atoms with E-state index in [1.807, 2.05) is 12.1 Å². The van der Waals surface area contributed by atoms with Crippen LogP contribution in [0.2, 0.25) is 0 Å². The Morgan fingerprint density at radius 1 is 0.526 bits per heavy atom. The smallest absolute Gasteiger partial charge is 0.213 e. The minimum absolute atomic E-state index is 0.137. The molecule has 2 unspecified atom stereocenters. The van der Waals surface area contributed by atoms with E-state index in [9.17, 15) is 0 Å². The van der Waals surface area contributed by atoms with E-state index in [1.54, 1.807) is 0 Å². The van der Waals surface area contributed by atoms with Crippen molar-refractivity contribution in [3.63, 3.8) is 0 Å².